The SMILES string of the molecule is COc1cc2nc(C3CCC(C(C)C)CC3)oc2cc1NC(=O)c1cccc(C(F)(F)F)n1. The predicted molar refractivity (Wildman–Crippen MR) is 117 cm³/mol. The van der Waals surface area contributed by atoms with Crippen LogP contribution in [-0.2, 0) is 6.18 Å². The lowest BCUT2D eigenvalue weighted by Gasteiger charge is -2.29. The lowest BCUT2D eigenvalue weighted by Crippen LogP contribution is -2.17. The Bertz CT molecular complexity index is 1150. The molecule has 1 aliphatic rings. The molecule has 1 fully saturated rings. The molecule has 4 rings (SSSR count). The number of rotatable bonds is 5. The normalized spacial score (nSPS) is 19.1. The van der Waals surface area contributed by atoms with Crippen molar-refractivity contribution in [1.29, 1.82) is 0 Å². The summed E-state index contributed by atoms with van der Waals surface area (Å²) in [6.07, 6.45) is -0.349. The molecule has 1 aromatic carbocycles. The lowest BCUT2D eigenvalue weighted by atomic mass is 9.77. The summed E-state index contributed by atoms with van der Waals surface area (Å²) in [5.74, 6) is 1.83. The van der Waals surface area contributed by atoms with Crippen LogP contribution >= 0.6 is 0 Å². The molecule has 1 N–H and O–H groups in total. The first-order valence-electron chi connectivity index (χ1n) is 11.0. The van der Waals surface area contributed by atoms with E-state index in [1.165, 1.54) is 13.2 Å². The highest BCUT2D eigenvalue weighted by molar-refractivity contribution is 6.04. The van der Waals surface area contributed by atoms with E-state index in [2.05, 4.69) is 29.1 Å². The maximum absolute atomic E-state index is 12.9. The van der Waals surface area contributed by atoms with E-state index >= 15 is 0 Å². The number of ether oxygens (including phenoxy) is 1. The van der Waals surface area contributed by atoms with Crippen LogP contribution in [0.4, 0.5) is 18.9 Å². The van der Waals surface area contributed by atoms with Crippen molar-refractivity contribution in [2.24, 2.45) is 11.8 Å². The molecule has 0 radical (unpaired) electrons. The van der Waals surface area contributed by atoms with E-state index in [1.54, 1.807) is 12.1 Å². The number of methoxy groups -OCH3 is 1. The summed E-state index contributed by atoms with van der Waals surface area (Å²) in [6.45, 7) is 4.50. The number of halogens is 3. The van der Waals surface area contributed by atoms with Crippen molar-refractivity contribution in [2.75, 3.05) is 12.4 Å². The van der Waals surface area contributed by atoms with Gasteiger partial charge in [-0.2, -0.15) is 13.2 Å². The highest BCUT2D eigenvalue weighted by atomic mass is 19.4. The van der Waals surface area contributed by atoms with Gasteiger partial charge in [-0.25, -0.2) is 9.97 Å². The molecule has 1 aliphatic carbocycles. The number of anilines is 1. The molecule has 2 aromatic heterocycles. The van der Waals surface area contributed by atoms with Crippen LogP contribution in [0.3, 0.4) is 0 Å². The standard InChI is InChI=1S/C24H26F3N3O3/c1-13(2)14-7-9-15(10-8-14)23-30-18-11-19(32-3)17(12-20(18)33-23)29-22(31)16-5-4-6-21(28-16)24(25,26)27/h4-6,11-15H,7-10H2,1-3H3,(H,29,31). The minimum absolute atomic E-state index is 0.241. The van der Waals surface area contributed by atoms with Crippen LogP contribution in [-0.4, -0.2) is 23.0 Å². The number of fused-ring (bicyclic) bond motifs is 1. The molecular weight excluding hydrogens is 435 g/mol. The van der Waals surface area contributed by atoms with E-state index < -0.39 is 17.8 Å². The van der Waals surface area contributed by atoms with Crippen LogP contribution in [0, 0.1) is 11.8 Å². The minimum Gasteiger partial charge on any atom is -0.494 e. The molecule has 176 valence electrons. The Morgan fingerprint density at radius 3 is 2.52 bits per heavy atom. The summed E-state index contributed by atoms with van der Waals surface area (Å²) in [5, 5.41) is 2.57. The Balaban J connectivity index is 1.56. The molecule has 0 atom stereocenters. The first-order chi connectivity index (χ1) is 15.7. The van der Waals surface area contributed by atoms with Crippen LogP contribution in [0.15, 0.2) is 34.7 Å². The van der Waals surface area contributed by atoms with Crippen molar-refractivity contribution >= 4 is 22.7 Å². The van der Waals surface area contributed by atoms with E-state index in [-0.39, 0.29) is 17.3 Å². The number of alkyl halides is 3. The van der Waals surface area contributed by atoms with Gasteiger partial charge in [-0.15, -0.1) is 0 Å². The van der Waals surface area contributed by atoms with Crippen molar-refractivity contribution in [3.63, 3.8) is 0 Å². The predicted octanol–water partition coefficient (Wildman–Crippen LogP) is 6.43. The molecule has 0 spiro atoms. The molecule has 0 saturated heterocycles. The van der Waals surface area contributed by atoms with Gasteiger partial charge in [0.1, 0.15) is 22.7 Å². The number of oxazole rings is 1. The van der Waals surface area contributed by atoms with Gasteiger partial charge in [0.15, 0.2) is 11.5 Å². The second-order valence-electron chi connectivity index (χ2n) is 8.79. The first-order valence-corrected chi connectivity index (χ1v) is 11.0. The third-order valence-electron chi connectivity index (χ3n) is 6.31. The third-order valence-corrected chi connectivity index (χ3v) is 6.31. The Hall–Kier alpha value is -3.10. The molecule has 1 saturated carbocycles. The highest BCUT2D eigenvalue weighted by Gasteiger charge is 2.33. The van der Waals surface area contributed by atoms with Crippen molar-refractivity contribution in [1.82, 2.24) is 9.97 Å². The smallest absolute Gasteiger partial charge is 0.433 e. The molecule has 0 bridgehead atoms. The highest BCUT2D eigenvalue weighted by Crippen LogP contribution is 2.40. The molecule has 0 unspecified atom stereocenters. The average Bonchev–Trinajstić information content (AvgIpc) is 3.21. The van der Waals surface area contributed by atoms with E-state index in [9.17, 15) is 18.0 Å². The zero-order chi connectivity index (χ0) is 23.8. The van der Waals surface area contributed by atoms with Gasteiger partial charge >= 0.3 is 6.18 Å². The fraction of sp³-hybridized carbons (Fsp3) is 0.458. The van der Waals surface area contributed by atoms with E-state index in [0.29, 0.717) is 28.7 Å². The molecule has 33 heavy (non-hydrogen) atoms. The molecule has 6 nitrogen and oxygen atoms in total. The fourth-order valence-electron chi connectivity index (χ4n) is 4.35. The number of amides is 1. The number of carbonyl (C=O) groups is 1. The Kier molecular flexibility index (Phi) is 6.32. The van der Waals surface area contributed by atoms with Crippen LogP contribution in [0.2, 0.25) is 0 Å². The number of hydrogen-bond acceptors (Lipinski definition) is 5. The number of pyridine rings is 1. The van der Waals surface area contributed by atoms with E-state index in [0.717, 1.165) is 43.7 Å². The quantitative estimate of drug-likeness (QED) is 0.474. The molecule has 3 aromatic rings. The lowest BCUT2D eigenvalue weighted by molar-refractivity contribution is -0.141. The van der Waals surface area contributed by atoms with Gasteiger partial charge in [-0.3, -0.25) is 4.79 Å². The maximum atomic E-state index is 12.9. The third kappa shape index (κ3) is 4.96. The monoisotopic (exact) mass is 461 g/mol. The van der Waals surface area contributed by atoms with Crippen LogP contribution < -0.4 is 10.1 Å². The fourth-order valence-corrected chi connectivity index (χ4v) is 4.35. The van der Waals surface area contributed by atoms with Gasteiger partial charge in [-0.05, 0) is 49.7 Å². The number of benzene rings is 1. The van der Waals surface area contributed by atoms with Crippen molar-refractivity contribution in [3.05, 3.63) is 47.6 Å². The van der Waals surface area contributed by atoms with Gasteiger partial charge in [0.25, 0.3) is 5.91 Å². The summed E-state index contributed by atoms with van der Waals surface area (Å²) in [7, 11) is 1.44. The topological polar surface area (TPSA) is 77.3 Å². The second-order valence-corrected chi connectivity index (χ2v) is 8.79. The number of hydrogen-bond donors (Lipinski definition) is 1. The van der Waals surface area contributed by atoms with Crippen LogP contribution in [0.25, 0.3) is 11.1 Å². The van der Waals surface area contributed by atoms with Crippen LogP contribution in [0.1, 0.15) is 67.5 Å². The van der Waals surface area contributed by atoms with Gasteiger partial charge < -0.3 is 14.5 Å². The summed E-state index contributed by atoms with van der Waals surface area (Å²) in [5.41, 5.74) is -0.149. The Morgan fingerprint density at radius 2 is 1.88 bits per heavy atom. The van der Waals surface area contributed by atoms with Crippen molar-refractivity contribution < 1.29 is 27.1 Å². The summed E-state index contributed by atoms with van der Waals surface area (Å²) >= 11 is 0. The molecule has 0 aliphatic heterocycles. The van der Waals surface area contributed by atoms with E-state index in [4.69, 9.17) is 9.15 Å². The van der Waals surface area contributed by atoms with Gasteiger partial charge in [0, 0.05) is 18.1 Å². The summed E-state index contributed by atoms with van der Waals surface area (Å²) < 4.78 is 50.2. The Morgan fingerprint density at radius 1 is 1.15 bits per heavy atom. The summed E-state index contributed by atoms with van der Waals surface area (Å²) in [6, 6.07) is 6.40. The maximum Gasteiger partial charge on any atom is 0.433 e. The van der Waals surface area contributed by atoms with Crippen molar-refractivity contribution in [2.45, 2.75) is 51.6 Å². The number of nitrogens with one attached hydrogen (secondary N) is 1. The van der Waals surface area contributed by atoms with Gasteiger partial charge in [0.2, 0.25) is 0 Å². The minimum atomic E-state index is -4.64. The summed E-state index contributed by atoms with van der Waals surface area (Å²) in [4.78, 5) is 20.7. The van der Waals surface area contributed by atoms with E-state index in [1.807, 2.05) is 0 Å². The van der Waals surface area contributed by atoms with Crippen molar-refractivity contribution in [3.8, 4) is 5.75 Å². The number of aromatic nitrogens is 2. The first kappa shape index (κ1) is 23.1. The molecule has 9 heteroatoms. The van der Waals surface area contributed by atoms with Crippen LogP contribution in [0.5, 0.6) is 5.75 Å². The zero-order valence-corrected chi connectivity index (χ0v) is 18.7. The molecule has 2 heterocycles. The number of carbonyl (C=O) groups excluding carboxylic acids is 1. The van der Waals surface area contributed by atoms with Gasteiger partial charge in [-0.1, -0.05) is 19.9 Å². The molecular formula is C24H26F3N3O3. The molecule has 1 amide bonds. The largest absolute Gasteiger partial charge is 0.494 e. The zero-order valence-electron chi connectivity index (χ0n) is 18.7. The Labute approximate surface area is 189 Å². The number of nitrogens with zero attached hydrogens (tertiary/aromatic N) is 2. The second kappa shape index (κ2) is 9.03. The van der Waals surface area contributed by atoms with Gasteiger partial charge in [0.05, 0.1) is 12.8 Å². The average molecular weight is 461 g/mol.